The molecule has 0 unspecified atom stereocenters. The molecule has 0 aromatic carbocycles. The van der Waals surface area contributed by atoms with Gasteiger partial charge in [-0.3, -0.25) is 0 Å². The fourth-order valence-corrected chi connectivity index (χ4v) is 3.42. The first kappa shape index (κ1) is 12.4. The van der Waals surface area contributed by atoms with Gasteiger partial charge in [0.15, 0.2) is 0 Å². The lowest BCUT2D eigenvalue weighted by atomic mass is 9.82. The zero-order chi connectivity index (χ0) is 11.4. The normalized spacial score (nSPS) is 34.1. The fraction of sp³-hybridized carbons (Fsp3) is 1.00. The monoisotopic (exact) mass is 225 g/mol. The van der Waals surface area contributed by atoms with E-state index >= 15 is 0 Å². The second kappa shape index (κ2) is 5.50. The summed E-state index contributed by atoms with van der Waals surface area (Å²) in [6, 6.07) is 0.674. The predicted octanol–water partition coefficient (Wildman–Crippen LogP) is 2.85. The second-order valence-corrected chi connectivity index (χ2v) is 5.95. The molecule has 0 heterocycles. The van der Waals surface area contributed by atoms with E-state index in [9.17, 15) is 5.11 Å². The summed E-state index contributed by atoms with van der Waals surface area (Å²) in [5.74, 6) is 0. The predicted molar refractivity (Wildman–Crippen MR) is 67.5 cm³/mol. The van der Waals surface area contributed by atoms with Crippen LogP contribution in [0.2, 0.25) is 0 Å². The van der Waals surface area contributed by atoms with Gasteiger partial charge in [0.2, 0.25) is 0 Å². The van der Waals surface area contributed by atoms with E-state index in [0.29, 0.717) is 11.5 Å². The van der Waals surface area contributed by atoms with Crippen molar-refractivity contribution in [2.45, 2.75) is 76.9 Å². The van der Waals surface area contributed by atoms with Gasteiger partial charge < -0.3 is 10.4 Å². The number of aliphatic hydroxyl groups excluding tert-OH is 1. The molecular weight excluding hydrogens is 198 g/mol. The van der Waals surface area contributed by atoms with Crippen LogP contribution in [0.4, 0.5) is 0 Å². The molecule has 2 rings (SSSR count). The third kappa shape index (κ3) is 2.98. The molecule has 2 N–H and O–H groups in total. The molecule has 0 aliphatic heterocycles. The van der Waals surface area contributed by atoms with Crippen LogP contribution in [0.15, 0.2) is 0 Å². The Morgan fingerprint density at radius 2 is 1.75 bits per heavy atom. The van der Waals surface area contributed by atoms with Crippen LogP contribution in [0.5, 0.6) is 0 Å². The molecular formula is C14H27NO. The Hall–Kier alpha value is -0.0800. The average molecular weight is 225 g/mol. The summed E-state index contributed by atoms with van der Waals surface area (Å²) < 4.78 is 0. The molecule has 0 saturated heterocycles. The van der Waals surface area contributed by atoms with Gasteiger partial charge in [-0.15, -0.1) is 0 Å². The van der Waals surface area contributed by atoms with Gasteiger partial charge in [-0.2, -0.15) is 0 Å². The third-order valence-electron chi connectivity index (χ3n) is 4.88. The van der Waals surface area contributed by atoms with Crippen molar-refractivity contribution < 1.29 is 5.11 Å². The van der Waals surface area contributed by atoms with Crippen molar-refractivity contribution in [3.05, 3.63) is 0 Å². The van der Waals surface area contributed by atoms with E-state index < -0.39 is 0 Å². The zero-order valence-corrected chi connectivity index (χ0v) is 10.7. The summed E-state index contributed by atoms with van der Waals surface area (Å²) in [5.41, 5.74) is 0.607. The minimum Gasteiger partial charge on any atom is -0.393 e. The molecule has 0 bridgehead atoms. The van der Waals surface area contributed by atoms with E-state index in [1.165, 1.54) is 51.5 Å². The van der Waals surface area contributed by atoms with Crippen molar-refractivity contribution in [2.24, 2.45) is 5.41 Å². The van der Waals surface area contributed by atoms with Gasteiger partial charge in [0.25, 0.3) is 0 Å². The first-order chi connectivity index (χ1) is 7.74. The van der Waals surface area contributed by atoms with Crippen LogP contribution in [-0.4, -0.2) is 23.8 Å². The van der Waals surface area contributed by atoms with Gasteiger partial charge in [-0.05, 0) is 50.4 Å². The number of rotatable bonds is 4. The molecule has 0 aromatic rings. The number of nitrogens with one attached hydrogen (secondary N) is 1. The number of aliphatic hydroxyl groups is 1. The average Bonchev–Trinajstić information content (AvgIpc) is 2.78. The Morgan fingerprint density at radius 1 is 1.12 bits per heavy atom. The Morgan fingerprint density at radius 3 is 2.31 bits per heavy atom. The Labute approximate surface area is 99.8 Å². The van der Waals surface area contributed by atoms with Crippen molar-refractivity contribution in [1.29, 1.82) is 0 Å². The fourth-order valence-electron chi connectivity index (χ4n) is 3.42. The van der Waals surface area contributed by atoms with E-state index in [4.69, 9.17) is 0 Å². The molecule has 2 nitrogen and oxygen atoms in total. The molecule has 0 spiro atoms. The highest BCUT2D eigenvalue weighted by Gasteiger charge is 2.32. The highest BCUT2D eigenvalue weighted by molar-refractivity contribution is 4.87. The lowest BCUT2D eigenvalue weighted by Gasteiger charge is -2.33. The molecule has 2 saturated carbocycles. The number of hydrogen-bond acceptors (Lipinski definition) is 2. The third-order valence-corrected chi connectivity index (χ3v) is 4.88. The highest BCUT2D eigenvalue weighted by Crippen LogP contribution is 2.40. The maximum absolute atomic E-state index is 9.48. The molecule has 2 fully saturated rings. The van der Waals surface area contributed by atoms with Crippen LogP contribution in [-0.2, 0) is 0 Å². The van der Waals surface area contributed by atoms with E-state index in [1.807, 2.05) is 0 Å². The SMILES string of the molecule is CCC1(CNC2CCC(O)CC2)CCCC1. The molecule has 0 aromatic heterocycles. The van der Waals surface area contributed by atoms with Crippen molar-refractivity contribution >= 4 is 0 Å². The lowest BCUT2D eigenvalue weighted by molar-refractivity contribution is 0.112. The van der Waals surface area contributed by atoms with Crippen molar-refractivity contribution in [2.75, 3.05) is 6.54 Å². The van der Waals surface area contributed by atoms with Crippen LogP contribution in [0.1, 0.15) is 64.7 Å². The first-order valence-corrected chi connectivity index (χ1v) is 7.15. The Kier molecular flexibility index (Phi) is 4.26. The highest BCUT2D eigenvalue weighted by atomic mass is 16.3. The van der Waals surface area contributed by atoms with Crippen LogP contribution < -0.4 is 5.32 Å². The first-order valence-electron chi connectivity index (χ1n) is 7.15. The van der Waals surface area contributed by atoms with Crippen LogP contribution >= 0.6 is 0 Å². The number of hydrogen-bond donors (Lipinski definition) is 2. The van der Waals surface area contributed by atoms with Gasteiger partial charge in [0, 0.05) is 12.6 Å². The van der Waals surface area contributed by atoms with E-state index in [2.05, 4.69) is 12.2 Å². The lowest BCUT2D eigenvalue weighted by Crippen LogP contribution is -2.40. The van der Waals surface area contributed by atoms with E-state index in [0.717, 1.165) is 12.8 Å². The molecule has 0 radical (unpaired) electrons. The summed E-state index contributed by atoms with van der Waals surface area (Å²) in [4.78, 5) is 0. The van der Waals surface area contributed by atoms with E-state index in [-0.39, 0.29) is 6.10 Å². The second-order valence-electron chi connectivity index (χ2n) is 5.95. The molecule has 16 heavy (non-hydrogen) atoms. The molecule has 2 aliphatic rings. The molecule has 2 heteroatoms. The maximum Gasteiger partial charge on any atom is 0.0541 e. The summed E-state index contributed by atoms with van der Waals surface area (Å²) in [6.45, 7) is 3.56. The summed E-state index contributed by atoms with van der Waals surface area (Å²) in [7, 11) is 0. The molecule has 94 valence electrons. The molecule has 0 amide bonds. The Balaban J connectivity index is 1.73. The standard InChI is InChI=1S/C14H27NO/c1-2-14(9-3-4-10-14)11-15-12-5-7-13(16)8-6-12/h12-13,15-16H,2-11H2,1H3. The minimum absolute atomic E-state index is 0.0235. The quantitative estimate of drug-likeness (QED) is 0.771. The van der Waals surface area contributed by atoms with Crippen molar-refractivity contribution in [1.82, 2.24) is 5.32 Å². The van der Waals surface area contributed by atoms with Crippen molar-refractivity contribution in [3.8, 4) is 0 Å². The van der Waals surface area contributed by atoms with Crippen LogP contribution in [0.3, 0.4) is 0 Å². The van der Waals surface area contributed by atoms with Gasteiger partial charge in [0.05, 0.1) is 6.10 Å². The molecule has 2 aliphatic carbocycles. The van der Waals surface area contributed by atoms with Gasteiger partial charge in [0.1, 0.15) is 0 Å². The summed E-state index contributed by atoms with van der Waals surface area (Å²) in [6.07, 6.45) is 11.3. The minimum atomic E-state index is -0.0235. The smallest absolute Gasteiger partial charge is 0.0541 e. The van der Waals surface area contributed by atoms with Crippen molar-refractivity contribution in [3.63, 3.8) is 0 Å². The zero-order valence-electron chi connectivity index (χ0n) is 10.7. The van der Waals surface area contributed by atoms with Gasteiger partial charge >= 0.3 is 0 Å². The van der Waals surface area contributed by atoms with Gasteiger partial charge in [-0.25, -0.2) is 0 Å². The summed E-state index contributed by atoms with van der Waals surface area (Å²) >= 11 is 0. The van der Waals surface area contributed by atoms with Crippen LogP contribution in [0.25, 0.3) is 0 Å². The Bertz CT molecular complexity index is 203. The van der Waals surface area contributed by atoms with Gasteiger partial charge in [-0.1, -0.05) is 19.8 Å². The molecule has 0 atom stereocenters. The maximum atomic E-state index is 9.48. The van der Waals surface area contributed by atoms with Crippen LogP contribution in [0, 0.1) is 5.41 Å². The topological polar surface area (TPSA) is 32.3 Å². The van der Waals surface area contributed by atoms with E-state index in [1.54, 1.807) is 0 Å². The summed E-state index contributed by atoms with van der Waals surface area (Å²) in [5, 5.41) is 13.2. The largest absolute Gasteiger partial charge is 0.393 e.